The van der Waals surface area contributed by atoms with Crippen LogP contribution in [0.3, 0.4) is 0 Å². The number of likely N-dealkylation sites (tertiary alicyclic amines) is 1. The quantitative estimate of drug-likeness (QED) is 0.870. The van der Waals surface area contributed by atoms with E-state index in [1.165, 1.54) is 12.1 Å². The fraction of sp³-hybridized carbons (Fsp3) is 0.533. The Morgan fingerprint density at radius 3 is 2.85 bits per heavy atom. The van der Waals surface area contributed by atoms with E-state index in [-0.39, 0.29) is 5.56 Å². The fourth-order valence-electron chi connectivity index (χ4n) is 2.56. The first-order valence-electron chi connectivity index (χ1n) is 6.98. The third-order valence-electron chi connectivity index (χ3n) is 3.84. The minimum absolute atomic E-state index is 0.289. The number of carbonyl (C=O) groups is 1. The van der Waals surface area contributed by atoms with Gasteiger partial charge in [-0.15, -0.1) is 0 Å². The molecule has 1 heterocycles. The molecule has 0 bridgehead atoms. The van der Waals surface area contributed by atoms with Crippen LogP contribution in [0.1, 0.15) is 30.6 Å². The second-order valence-electron chi connectivity index (χ2n) is 5.62. The predicted octanol–water partition coefficient (Wildman–Crippen LogP) is 2.67. The van der Waals surface area contributed by atoms with Gasteiger partial charge in [-0.3, -0.25) is 0 Å². The third kappa shape index (κ3) is 3.48. The van der Waals surface area contributed by atoms with E-state index in [4.69, 9.17) is 5.11 Å². The van der Waals surface area contributed by atoms with E-state index >= 15 is 0 Å². The molecule has 1 fully saturated rings. The number of benzene rings is 1. The zero-order chi connectivity index (χ0) is 14.7. The van der Waals surface area contributed by atoms with Crippen molar-refractivity contribution in [2.75, 3.05) is 25.0 Å². The lowest BCUT2D eigenvalue weighted by Crippen LogP contribution is -2.29. The van der Waals surface area contributed by atoms with Crippen LogP contribution in [0.5, 0.6) is 0 Å². The van der Waals surface area contributed by atoms with Crippen molar-refractivity contribution in [2.24, 2.45) is 5.92 Å². The molecule has 1 aromatic carbocycles. The summed E-state index contributed by atoms with van der Waals surface area (Å²) in [6, 6.07) is 4.72. The van der Waals surface area contributed by atoms with Crippen molar-refractivity contribution in [1.29, 1.82) is 0 Å². The molecule has 0 spiro atoms. The Bertz CT molecular complexity index is 491. The molecular weight excluding hydrogens is 259 g/mol. The predicted molar refractivity (Wildman–Crippen MR) is 76.7 cm³/mol. The van der Waals surface area contributed by atoms with Crippen LogP contribution in [-0.2, 0) is 0 Å². The van der Waals surface area contributed by atoms with Gasteiger partial charge >= 0.3 is 5.97 Å². The molecule has 0 radical (unpaired) electrons. The second-order valence-corrected chi connectivity index (χ2v) is 5.62. The number of nitrogens with one attached hydrogen (secondary N) is 1. The Hall–Kier alpha value is -1.62. The summed E-state index contributed by atoms with van der Waals surface area (Å²) in [6.07, 6.45) is 1.14. The van der Waals surface area contributed by atoms with Crippen LogP contribution in [0.25, 0.3) is 0 Å². The van der Waals surface area contributed by atoms with Gasteiger partial charge in [0.25, 0.3) is 0 Å². The van der Waals surface area contributed by atoms with E-state index in [9.17, 15) is 9.18 Å². The number of hydrogen-bond donors (Lipinski definition) is 2. The average Bonchev–Trinajstić information content (AvgIpc) is 2.85. The lowest BCUT2D eigenvalue weighted by molar-refractivity contribution is 0.0692. The Morgan fingerprint density at radius 2 is 2.30 bits per heavy atom. The number of nitrogens with zero attached hydrogens (tertiary/aromatic N) is 1. The second kappa shape index (κ2) is 6.22. The molecule has 0 aromatic heterocycles. The molecule has 1 atom stereocenters. The molecule has 1 aromatic rings. The van der Waals surface area contributed by atoms with Gasteiger partial charge in [0.05, 0.1) is 5.56 Å². The van der Waals surface area contributed by atoms with Gasteiger partial charge in [-0.2, -0.15) is 0 Å². The van der Waals surface area contributed by atoms with Crippen LogP contribution >= 0.6 is 0 Å². The summed E-state index contributed by atoms with van der Waals surface area (Å²) in [7, 11) is 0. The molecule has 2 N–H and O–H groups in total. The fourth-order valence-corrected chi connectivity index (χ4v) is 2.56. The topological polar surface area (TPSA) is 52.6 Å². The first-order valence-corrected chi connectivity index (χ1v) is 6.98. The summed E-state index contributed by atoms with van der Waals surface area (Å²) < 4.78 is 13.5. The number of aromatic carboxylic acids is 1. The maximum atomic E-state index is 13.5. The normalized spacial score (nSPS) is 19.5. The highest BCUT2D eigenvalue weighted by atomic mass is 19.1. The summed E-state index contributed by atoms with van der Waals surface area (Å²) in [6.45, 7) is 7.33. The van der Waals surface area contributed by atoms with Gasteiger partial charge in [0.2, 0.25) is 0 Å². The molecule has 0 saturated carbocycles. The Balaban J connectivity index is 1.89. The maximum absolute atomic E-state index is 13.5. The number of carboxylic acids is 1. The van der Waals surface area contributed by atoms with Crippen LogP contribution in [0.2, 0.25) is 0 Å². The van der Waals surface area contributed by atoms with Crippen LogP contribution < -0.4 is 5.32 Å². The molecule has 1 aliphatic heterocycles. The van der Waals surface area contributed by atoms with E-state index in [2.05, 4.69) is 24.1 Å². The number of rotatable bonds is 5. The molecule has 110 valence electrons. The molecule has 2 rings (SSSR count). The van der Waals surface area contributed by atoms with Gasteiger partial charge in [-0.1, -0.05) is 0 Å². The summed E-state index contributed by atoms with van der Waals surface area (Å²) in [5, 5.41) is 12.0. The summed E-state index contributed by atoms with van der Waals surface area (Å²) in [5.41, 5.74) is 0.345. The number of carboxylic acid groups (broad SMARTS) is 1. The molecule has 0 aliphatic carbocycles. The first-order chi connectivity index (χ1) is 9.47. The smallest absolute Gasteiger partial charge is 0.338 e. The van der Waals surface area contributed by atoms with Crippen molar-refractivity contribution in [2.45, 2.75) is 26.3 Å². The van der Waals surface area contributed by atoms with Crippen LogP contribution in [0.15, 0.2) is 18.2 Å². The largest absolute Gasteiger partial charge is 0.478 e. The molecule has 20 heavy (non-hydrogen) atoms. The van der Waals surface area contributed by atoms with Gasteiger partial charge in [-0.05, 0) is 50.9 Å². The zero-order valence-electron chi connectivity index (χ0n) is 11.9. The van der Waals surface area contributed by atoms with Gasteiger partial charge in [0.15, 0.2) is 0 Å². The van der Waals surface area contributed by atoms with Crippen LogP contribution in [0.4, 0.5) is 10.1 Å². The van der Waals surface area contributed by atoms with Crippen molar-refractivity contribution in [3.05, 3.63) is 29.6 Å². The molecule has 1 aliphatic rings. The highest BCUT2D eigenvalue weighted by molar-refractivity contribution is 5.88. The van der Waals surface area contributed by atoms with Crippen molar-refractivity contribution in [1.82, 2.24) is 4.90 Å². The van der Waals surface area contributed by atoms with Gasteiger partial charge in [0, 0.05) is 24.8 Å². The lowest BCUT2D eigenvalue weighted by Gasteiger charge is -2.20. The number of halogens is 1. The zero-order valence-corrected chi connectivity index (χ0v) is 11.9. The van der Waals surface area contributed by atoms with E-state index in [0.29, 0.717) is 17.6 Å². The van der Waals surface area contributed by atoms with Crippen LogP contribution in [-0.4, -0.2) is 41.7 Å². The number of anilines is 1. The van der Waals surface area contributed by atoms with Gasteiger partial charge < -0.3 is 15.3 Å². The van der Waals surface area contributed by atoms with E-state index in [0.717, 1.165) is 26.1 Å². The van der Waals surface area contributed by atoms with Crippen LogP contribution in [0, 0.1) is 11.7 Å². The minimum Gasteiger partial charge on any atom is -0.478 e. The maximum Gasteiger partial charge on any atom is 0.338 e. The number of hydrogen-bond acceptors (Lipinski definition) is 3. The SMILES string of the molecule is CC(C)N1CCC(CNc2ccc(C(=O)O)c(F)c2)C1. The Morgan fingerprint density at radius 1 is 1.55 bits per heavy atom. The molecule has 4 nitrogen and oxygen atoms in total. The third-order valence-corrected chi connectivity index (χ3v) is 3.84. The molecule has 5 heteroatoms. The summed E-state index contributed by atoms with van der Waals surface area (Å²) in [4.78, 5) is 13.2. The summed E-state index contributed by atoms with van der Waals surface area (Å²) in [5.74, 6) is -1.38. The Labute approximate surface area is 118 Å². The van der Waals surface area contributed by atoms with E-state index in [1.807, 2.05) is 0 Å². The monoisotopic (exact) mass is 280 g/mol. The van der Waals surface area contributed by atoms with Crippen molar-refractivity contribution < 1.29 is 14.3 Å². The minimum atomic E-state index is -1.24. The molecule has 0 amide bonds. The van der Waals surface area contributed by atoms with E-state index < -0.39 is 11.8 Å². The Kier molecular flexibility index (Phi) is 4.60. The molecule has 1 unspecified atom stereocenters. The van der Waals surface area contributed by atoms with Crippen molar-refractivity contribution >= 4 is 11.7 Å². The summed E-state index contributed by atoms with van der Waals surface area (Å²) >= 11 is 0. The molecule has 1 saturated heterocycles. The van der Waals surface area contributed by atoms with Gasteiger partial charge in [0.1, 0.15) is 5.82 Å². The van der Waals surface area contributed by atoms with Crippen molar-refractivity contribution in [3.63, 3.8) is 0 Å². The standard InChI is InChI=1S/C15H21FN2O2/c1-10(2)18-6-5-11(9-18)8-17-12-3-4-13(15(19)20)14(16)7-12/h3-4,7,10-11,17H,5-6,8-9H2,1-2H3,(H,19,20). The molecular formula is C15H21FN2O2. The first kappa shape index (κ1) is 14.8. The lowest BCUT2D eigenvalue weighted by atomic mass is 10.1. The highest BCUT2D eigenvalue weighted by Gasteiger charge is 2.23. The highest BCUT2D eigenvalue weighted by Crippen LogP contribution is 2.20. The van der Waals surface area contributed by atoms with Gasteiger partial charge in [-0.25, -0.2) is 9.18 Å². The van der Waals surface area contributed by atoms with Crippen molar-refractivity contribution in [3.8, 4) is 0 Å². The van der Waals surface area contributed by atoms with E-state index in [1.54, 1.807) is 6.07 Å². The average molecular weight is 280 g/mol.